The maximum absolute atomic E-state index is 12.3. The van der Waals surface area contributed by atoms with Crippen molar-refractivity contribution in [2.24, 2.45) is 0 Å². The lowest BCUT2D eigenvalue weighted by atomic mass is 10.1. The number of carbonyl (C=O) groups is 1. The Hall–Kier alpha value is -1.20. The smallest absolute Gasteiger partial charge is 0.335 e. The van der Waals surface area contributed by atoms with Crippen molar-refractivity contribution in [2.45, 2.75) is 50.2 Å². The molecule has 2 atom stereocenters. The van der Waals surface area contributed by atoms with E-state index in [-0.39, 0.29) is 17.3 Å². The van der Waals surface area contributed by atoms with Crippen molar-refractivity contribution in [3.63, 3.8) is 0 Å². The molecular weight excluding hydrogens is 276 g/mol. The van der Waals surface area contributed by atoms with Crippen LogP contribution in [0.2, 0.25) is 0 Å². The van der Waals surface area contributed by atoms with Crippen LogP contribution < -0.4 is 0 Å². The molecule has 0 aliphatic carbocycles. The Balaban J connectivity index is 2.10. The quantitative estimate of drug-likeness (QED) is 0.928. The molecule has 1 aliphatic heterocycles. The van der Waals surface area contributed by atoms with Gasteiger partial charge in [-0.25, -0.2) is 4.79 Å². The lowest BCUT2D eigenvalue weighted by Gasteiger charge is -2.19. The van der Waals surface area contributed by atoms with Gasteiger partial charge in [-0.1, -0.05) is 6.07 Å². The van der Waals surface area contributed by atoms with Gasteiger partial charge in [-0.05, 0) is 51.3 Å². The summed E-state index contributed by atoms with van der Waals surface area (Å²) in [4.78, 5) is 11.7. The predicted octanol–water partition coefficient (Wildman–Crippen LogP) is 2.76. The molecule has 0 aromatic heterocycles. The number of rotatable bonds is 4. The highest BCUT2D eigenvalue weighted by molar-refractivity contribution is 7.85. The summed E-state index contributed by atoms with van der Waals surface area (Å²) in [6.07, 6.45) is 1.85. The summed E-state index contributed by atoms with van der Waals surface area (Å²) in [7, 11) is -1.23. The number of benzene rings is 1. The molecule has 1 fully saturated rings. The molecule has 2 rings (SSSR count). The maximum atomic E-state index is 12.3. The van der Waals surface area contributed by atoms with Gasteiger partial charge in [0.1, 0.15) is 0 Å². The molecule has 20 heavy (non-hydrogen) atoms. The fraction of sp³-hybridized carbons (Fsp3) is 0.533. The highest BCUT2D eigenvalue weighted by Gasteiger charge is 2.32. The van der Waals surface area contributed by atoms with Gasteiger partial charge in [0.05, 0.1) is 33.8 Å². The summed E-state index contributed by atoms with van der Waals surface area (Å²) in [6.45, 7) is 5.80. The van der Waals surface area contributed by atoms with E-state index in [0.29, 0.717) is 16.2 Å². The van der Waals surface area contributed by atoms with E-state index in [2.05, 4.69) is 0 Å². The lowest BCUT2D eigenvalue weighted by molar-refractivity contribution is -0.00498. The number of hydrogen-bond acceptors (Lipinski definition) is 3. The van der Waals surface area contributed by atoms with E-state index in [1.165, 1.54) is 6.07 Å². The zero-order valence-corrected chi connectivity index (χ0v) is 12.8. The molecular formula is C15H20O4S. The molecule has 4 nitrogen and oxygen atoms in total. The molecule has 1 aliphatic rings. The van der Waals surface area contributed by atoms with Crippen molar-refractivity contribution in [3.8, 4) is 0 Å². The van der Waals surface area contributed by atoms with E-state index in [0.717, 1.165) is 12.8 Å². The molecule has 0 radical (unpaired) electrons. The van der Waals surface area contributed by atoms with Gasteiger partial charge >= 0.3 is 5.97 Å². The van der Waals surface area contributed by atoms with Gasteiger partial charge in [-0.15, -0.1) is 0 Å². The molecule has 1 heterocycles. The standard InChI is InChI=1S/C15H20O4S/c1-10-4-5-12(8-13(10)14(16)17)20(18)9-11-6-7-15(2,3)19-11/h4-5,8,11H,6-7,9H2,1-3H3,(H,16,17). The van der Waals surface area contributed by atoms with Gasteiger partial charge in [0.2, 0.25) is 0 Å². The maximum Gasteiger partial charge on any atom is 0.335 e. The Kier molecular flexibility index (Phi) is 4.30. The molecule has 1 N–H and O–H groups in total. The first-order valence-corrected chi connectivity index (χ1v) is 8.00. The van der Waals surface area contributed by atoms with Crippen LogP contribution in [-0.4, -0.2) is 32.7 Å². The predicted molar refractivity (Wildman–Crippen MR) is 77.6 cm³/mol. The third-order valence-electron chi connectivity index (χ3n) is 3.59. The Morgan fingerprint density at radius 3 is 2.75 bits per heavy atom. The molecule has 0 amide bonds. The second kappa shape index (κ2) is 5.66. The molecule has 0 bridgehead atoms. The molecule has 0 saturated carbocycles. The van der Waals surface area contributed by atoms with Crippen LogP contribution in [0.15, 0.2) is 23.1 Å². The van der Waals surface area contributed by atoms with Crippen molar-refractivity contribution >= 4 is 16.8 Å². The average molecular weight is 296 g/mol. The van der Waals surface area contributed by atoms with Crippen molar-refractivity contribution in [1.82, 2.24) is 0 Å². The van der Waals surface area contributed by atoms with E-state index < -0.39 is 16.8 Å². The molecule has 0 spiro atoms. The Morgan fingerprint density at radius 2 is 2.20 bits per heavy atom. The summed E-state index contributed by atoms with van der Waals surface area (Å²) >= 11 is 0. The summed E-state index contributed by atoms with van der Waals surface area (Å²) in [5.74, 6) is -0.564. The number of carboxylic acids is 1. The highest BCUT2D eigenvalue weighted by Crippen LogP contribution is 2.30. The summed E-state index contributed by atoms with van der Waals surface area (Å²) in [5.41, 5.74) is 0.744. The largest absolute Gasteiger partial charge is 0.478 e. The van der Waals surface area contributed by atoms with Gasteiger partial charge in [-0.3, -0.25) is 4.21 Å². The number of aryl methyl sites for hydroxylation is 1. The van der Waals surface area contributed by atoms with Gasteiger partial charge in [-0.2, -0.15) is 0 Å². The zero-order valence-electron chi connectivity index (χ0n) is 12.0. The van der Waals surface area contributed by atoms with Crippen LogP contribution in [0.1, 0.15) is 42.6 Å². The fourth-order valence-corrected chi connectivity index (χ4v) is 3.67. The van der Waals surface area contributed by atoms with Crippen LogP contribution in [0.25, 0.3) is 0 Å². The van der Waals surface area contributed by atoms with E-state index in [9.17, 15) is 9.00 Å². The van der Waals surface area contributed by atoms with Crippen LogP contribution in [0.4, 0.5) is 0 Å². The van der Waals surface area contributed by atoms with Gasteiger partial charge in [0, 0.05) is 4.90 Å². The molecule has 1 saturated heterocycles. The minimum absolute atomic E-state index is 0.0135. The topological polar surface area (TPSA) is 63.6 Å². The first-order valence-electron chi connectivity index (χ1n) is 6.69. The Labute approximate surface area is 121 Å². The van der Waals surface area contributed by atoms with Crippen LogP contribution in [0.3, 0.4) is 0 Å². The van der Waals surface area contributed by atoms with E-state index in [4.69, 9.17) is 9.84 Å². The molecule has 110 valence electrons. The van der Waals surface area contributed by atoms with Crippen LogP contribution in [0, 0.1) is 6.92 Å². The zero-order chi connectivity index (χ0) is 14.9. The van der Waals surface area contributed by atoms with Crippen molar-refractivity contribution < 1.29 is 18.8 Å². The molecule has 2 unspecified atom stereocenters. The van der Waals surface area contributed by atoms with E-state index >= 15 is 0 Å². The van der Waals surface area contributed by atoms with Gasteiger partial charge in [0.15, 0.2) is 0 Å². The minimum Gasteiger partial charge on any atom is -0.478 e. The molecule has 5 heteroatoms. The molecule has 1 aromatic carbocycles. The van der Waals surface area contributed by atoms with E-state index in [1.54, 1.807) is 19.1 Å². The summed E-state index contributed by atoms with van der Waals surface area (Å²) in [6, 6.07) is 4.95. The van der Waals surface area contributed by atoms with Crippen LogP contribution in [0.5, 0.6) is 0 Å². The van der Waals surface area contributed by atoms with Gasteiger partial charge < -0.3 is 9.84 Å². The summed E-state index contributed by atoms with van der Waals surface area (Å²) < 4.78 is 18.2. The lowest BCUT2D eigenvalue weighted by Crippen LogP contribution is -2.23. The van der Waals surface area contributed by atoms with Crippen molar-refractivity contribution in [1.29, 1.82) is 0 Å². The summed E-state index contributed by atoms with van der Waals surface area (Å²) in [5, 5.41) is 9.10. The minimum atomic E-state index is -1.23. The average Bonchev–Trinajstić information content (AvgIpc) is 2.68. The number of aromatic carboxylic acids is 1. The second-order valence-corrected chi connectivity index (χ2v) is 7.33. The van der Waals surface area contributed by atoms with E-state index in [1.807, 2.05) is 13.8 Å². The normalized spacial score (nSPS) is 22.6. The Bertz CT molecular complexity index is 551. The SMILES string of the molecule is Cc1ccc(S(=O)CC2CCC(C)(C)O2)cc1C(=O)O. The third-order valence-corrected chi connectivity index (χ3v) is 5.05. The number of ether oxygens (including phenoxy) is 1. The van der Waals surface area contributed by atoms with Crippen molar-refractivity contribution in [3.05, 3.63) is 29.3 Å². The number of carboxylic acid groups (broad SMARTS) is 1. The monoisotopic (exact) mass is 296 g/mol. The van der Waals surface area contributed by atoms with Crippen LogP contribution in [-0.2, 0) is 15.5 Å². The van der Waals surface area contributed by atoms with Gasteiger partial charge in [0.25, 0.3) is 0 Å². The van der Waals surface area contributed by atoms with Crippen molar-refractivity contribution in [2.75, 3.05) is 5.75 Å². The third kappa shape index (κ3) is 3.46. The Morgan fingerprint density at radius 1 is 1.50 bits per heavy atom. The molecule has 1 aromatic rings. The second-order valence-electron chi connectivity index (χ2n) is 5.83. The highest BCUT2D eigenvalue weighted by atomic mass is 32.2. The first kappa shape index (κ1) is 15.2. The fourth-order valence-electron chi connectivity index (χ4n) is 2.43. The number of hydrogen-bond donors (Lipinski definition) is 1. The van der Waals surface area contributed by atoms with Crippen LogP contribution >= 0.6 is 0 Å². The first-order chi connectivity index (χ1) is 9.28.